The molecule has 0 aromatic heterocycles. The summed E-state index contributed by atoms with van der Waals surface area (Å²) in [5.74, 6) is 0.757. The van der Waals surface area contributed by atoms with Gasteiger partial charge in [-0.1, -0.05) is 38.1 Å². The highest BCUT2D eigenvalue weighted by Crippen LogP contribution is 2.16. The van der Waals surface area contributed by atoms with Crippen molar-refractivity contribution in [2.45, 2.75) is 45.6 Å². The largest absolute Gasteiger partial charge is 0.411 e. The van der Waals surface area contributed by atoms with Crippen LogP contribution in [0.1, 0.15) is 31.4 Å². The van der Waals surface area contributed by atoms with E-state index in [1.165, 1.54) is 0 Å². The number of carbonyl (C=O) groups is 1. The Morgan fingerprint density at radius 3 is 2.67 bits per heavy atom. The van der Waals surface area contributed by atoms with E-state index < -0.39 is 12.8 Å². The minimum atomic E-state index is -4.33. The number of alkyl halides is 3. The monoisotopic (exact) mass is 542 g/mol. The predicted octanol–water partition coefficient (Wildman–Crippen LogP) is 3.31. The first kappa shape index (κ1) is 26.5. The lowest BCUT2D eigenvalue weighted by molar-refractivity contribution is -0.176. The Morgan fingerprint density at radius 2 is 2.03 bits per heavy atom. The smallest absolute Gasteiger partial charge is 0.367 e. The molecule has 1 saturated heterocycles. The molecule has 0 spiro atoms. The molecule has 10 heteroatoms. The maximum atomic E-state index is 12.2. The van der Waals surface area contributed by atoms with Gasteiger partial charge in [0, 0.05) is 38.6 Å². The molecule has 0 aliphatic carbocycles. The van der Waals surface area contributed by atoms with Crippen LogP contribution in [0.25, 0.3) is 0 Å². The molecule has 0 bridgehead atoms. The molecule has 1 aliphatic rings. The minimum absolute atomic E-state index is 0. The first-order chi connectivity index (χ1) is 13.7. The van der Waals surface area contributed by atoms with Crippen LogP contribution in [0.15, 0.2) is 29.3 Å². The number of nitrogens with zero attached hydrogens (tertiary/aromatic N) is 2. The van der Waals surface area contributed by atoms with Gasteiger partial charge in [0.1, 0.15) is 6.61 Å². The van der Waals surface area contributed by atoms with Crippen molar-refractivity contribution in [2.24, 2.45) is 10.9 Å². The Labute approximate surface area is 192 Å². The van der Waals surface area contributed by atoms with Crippen molar-refractivity contribution in [3.05, 3.63) is 35.4 Å². The number of hydrogen-bond acceptors (Lipinski definition) is 3. The second-order valence-electron chi connectivity index (χ2n) is 7.42. The number of hydrogen-bond donors (Lipinski definition) is 2. The number of carbonyl (C=O) groups excluding carboxylic acids is 1. The van der Waals surface area contributed by atoms with E-state index in [-0.39, 0.29) is 48.5 Å². The average Bonchev–Trinajstić information content (AvgIpc) is 3.12. The number of aliphatic imine (C=N–C) groups is 1. The van der Waals surface area contributed by atoms with Crippen molar-refractivity contribution in [1.82, 2.24) is 15.5 Å². The van der Waals surface area contributed by atoms with E-state index >= 15 is 0 Å². The molecule has 1 aromatic carbocycles. The molecule has 0 saturated carbocycles. The van der Waals surface area contributed by atoms with Crippen LogP contribution >= 0.6 is 24.0 Å². The number of rotatable bonds is 7. The second-order valence-corrected chi connectivity index (χ2v) is 7.42. The first-order valence-electron chi connectivity index (χ1n) is 9.66. The molecule has 2 rings (SSSR count). The lowest BCUT2D eigenvalue weighted by Crippen LogP contribution is -2.45. The lowest BCUT2D eigenvalue weighted by atomic mass is 10.1. The third-order valence-electron chi connectivity index (χ3n) is 4.54. The van der Waals surface area contributed by atoms with Crippen molar-refractivity contribution in [3.8, 4) is 0 Å². The Bertz CT molecular complexity index is 714. The van der Waals surface area contributed by atoms with Crippen molar-refractivity contribution < 1.29 is 22.7 Å². The molecular weight excluding hydrogens is 512 g/mol. The molecule has 6 nitrogen and oxygen atoms in total. The number of halogens is 4. The third kappa shape index (κ3) is 9.07. The fraction of sp³-hybridized carbons (Fsp3) is 0.600. The molecule has 1 aromatic rings. The molecule has 1 unspecified atom stereocenters. The van der Waals surface area contributed by atoms with E-state index in [9.17, 15) is 18.0 Å². The van der Waals surface area contributed by atoms with Crippen molar-refractivity contribution >= 4 is 35.8 Å². The topological polar surface area (TPSA) is 66.0 Å². The van der Waals surface area contributed by atoms with Gasteiger partial charge in [-0.3, -0.25) is 9.79 Å². The van der Waals surface area contributed by atoms with Gasteiger partial charge in [0.25, 0.3) is 0 Å². The summed E-state index contributed by atoms with van der Waals surface area (Å²) in [7, 11) is 1.67. The molecule has 1 amide bonds. The predicted molar refractivity (Wildman–Crippen MR) is 121 cm³/mol. The van der Waals surface area contributed by atoms with E-state index in [4.69, 9.17) is 4.74 Å². The summed E-state index contributed by atoms with van der Waals surface area (Å²) in [5.41, 5.74) is 1.58. The first-order valence-corrected chi connectivity index (χ1v) is 9.66. The van der Waals surface area contributed by atoms with Crippen LogP contribution < -0.4 is 10.6 Å². The number of amides is 1. The van der Waals surface area contributed by atoms with Crippen molar-refractivity contribution in [2.75, 3.05) is 26.7 Å². The van der Waals surface area contributed by atoms with Gasteiger partial charge >= 0.3 is 6.18 Å². The van der Waals surface area contributed by atoms with Gasteiger partial charge in [-0.25, -0.2) is 0 Å². The molecule has 1 fully saturated rings. The molecule has 1 aliphatic heterocycles. The maximum absolute atomic E-state index is 12.2. The Hall–Kier alpha value is -1.56. The SMILES string of the molecule is CN=C(NCc1cccc(COCC(F)(F)F)c1)NC1CCN(C(=O)C(C)C)C1.I. The van der Waals surface area contributed by atoms with Crippen LogP contribution in [0, 0.1) is 5.92 Å². The van der Waals surface area contributed by atoms with Crippen LogP contribution in [-0.4, -0.2) is 55.7 Å². The fourth-order valence-electron chi connectivity index (χ4n) is 3.13. The summed E-state index contributed by atoms with van der Waals surface area (Å²) in [6.07, 6.45) is -3.47. The molecule has 1 heterocycles. The van der Waals surface area contributed by atoms with E-state index in [2.05, 4.69) is 15.6 Å². The number of ether oxygens (including phenoxy) is 1. The highest BCUT2D eigenvalue weighted by molar-refractivity contribution is 14.0. The molecule has 170 valence electrons. The molecule has 2 N–H and O–H groups in total. The van der Waals surface area contributed by atoms with Crippen molar-refractivity contribution in [1.29, 1.82) is 0 Å². The average molecular weight is 542 g/mol. The minimum Gasteiger partial charge on any atom is -0.367 e. The normalized spacial score (nSPS) is 17.1. The Balaban J connectivity index is 0.00000450. The van der Waals surface area contributed by atoms with Crippen LogP contribution in [0.2, 0.25) is 0 Å². The van der Waals surface area contributed by atoms with E-state index in [1.54, 1.807) is 25.2 Å². The highest BCUT2D eigenvalue weighted by Gasteiger charge is 2.28. The standard InChI is InChI=1S/C20H29F3N4O2.HI/c1-14(2)18(28)27-8-7-17(11-27)26-19(24-3)25-10-15-5-4-6-16(9-15)12-29-13-20(21,22)23;/h4-6,9,14,17H,7-8,10-13H2,1-3H3,(H2,24,25,26);1H. The highest BCUT2D eigenvalue weighted by atomic mass is 127. The van der Waals surface area contributed by atoms with Gasteiger partial charge in [-0.05, 0) is 17.5 Å². The zero-order valence-electron chi connectivity index (χ0n) is 17.5. The Kier molecular flexibility index (Phi) is 10.9. The van der Waals surface area contributed by atoms with Gasteiger partial charge in [0.15, 0.2) is 5.96 Å². The zero-order valence-corrected chi connectivity index (χ0v) is 19.8. The summed E-state index contributed by atoms with van der Waals surface area (Å²) in [5, 5.41) is 6.52. The van der Waals surface area contributed by atoms with E-state index in [1.807, 2.05) is 24.8 Å². The molecule has 1 atom stereocenters. The number of guanidine groups is 1. The molecule has 0 radical (unpaired) electrons. The van der Waals surface area contributed by atoms with E-state index in [0.717, 1.165) is 18.5 Å². The van der Waals surface area contributed by atoms with Crippen LogP contribution in [0.5, 0.6) is 0 Å². The van der Waals surface area contributed by atoms with Gasteiger partial charge in [0.2, 0.25) is 5.91 Å². The molecule has 30 heavy (non-hydrogen) atoms. The van der Waals surface area contributed by atoms with Crippen LogP contribution in [0.3, 0.4) is 0 Å². The quantitative estimate of drug-likeness (QED) is 0.316. The van der Waals surface area contributed by atoms with Gasteiger partial charge in [-0.15, -0.1) is 24.0 Å². The summed E-state index contributed by atoms with van der Waals surface area (Å²) in [6.45, 7) is 4.27. The third-order valence-corrected chi connectivity index (χ3v) is 4.54. The zero-order chi connectivity index (χ0) is 21.4. The summed E-state index contributed by atoms with van der Waals surface area (Å²) < 4.78 is 41.3. The van der Waals surface area contributed by atoms with Crippen LogP contribution in [0.4, 0.5) is 13.2 Å². The number of nitrogens with one attached hydrogen (secondary N) is 2. The van der Waals surface area contributed by atoms with Gasteiger partial charge < -0.3 is 20.3 Å². The van der Waals surface area contributed by atoms with Gasteiger partial charge in [0.05, 0.1) is 6.61 Å². The molecular formula is C20H30F3IN4O2. The Morgan fingerprint density at radius 1 is 1.33 bits per heavy atom. The van der Waals surface area contributed by atoms with E-state index in [0.29, 0.717) is 24.6 Å². The fourth-order valence-corrected chi connectivity index (χ4v) is 3.13. The maximum Gasteiger partial charge on any atom is 0.411 e. The second kappa shape index (κ2) is 12.3. The number of likely N-dealkylation sites (tertiary alicyclic amines) is 1. The van der Waals surface area contributed by atoms with Gasteiger partial charge in [-0.2, -0.15) is 13.2 Å². The van der Waals surface area contributed by atoms with Crippen molar-refractivity contribution in [3.63, 3.8) is 0 Å². The number of benzene rings is 1. The summed E-state index contributed by atoms with van der Waals surface area (Å²) in [4.78, 5) is 18.2. The van der Waals surface area contributed by atoms with Crippen LogP contribution in [-0.2, 0) is 22.7 Å². The summed E-state index contributed by atoms with van der Waals surface area (Å²) >= 11 is 0. The summed E-state index contributed by atoms with van der Waals surface area (Å²) in [6, 6.07) is 7.32. The lowest BCUT2D eigenvalue weighted by Gasteiger charge is -2.20.